The van der Waals surface area contributed by atoms with Gasteiger partial charge in [-0.1, -0.05) is 25.3 Å². The van der Waals surface area contributed by atoms with Gasteiger partial charge in [0.05, 0.1) is 0 Å². The maximum absolute atomic E-state index is 10.6. The van der Waals surface area contributed by atoms with Crippen molar-refractivity contribution in [2.24, 2.45) is 11.8 Å². The summed E-state index contributed by atoms with van der Waals surface area (Å²) in [5.74, 6) is 1.43. The Bertz CT molecular complexity index is 384. The quantitative estimate of drug-likeness (QED) is 0.480. The molecule has 2 rings (SSSR count). The van der Waals surface area contributed by atoms with Crippen molar-refractivity contribution in [3.05, 3.63) is 49.6 Å². The van der Waals surface area contributed by atoms with Gasteiger partial charge in [-0.15, -0.1) is 0 Å². The van der Waals surface area contributed by atoms with Crippen LogP contribution in [0, 0.1) is 11.8 Å². The Balaban J connectivity index is 0.000000644. The fourth-order valence-electron chi connectivity index (χ4n) is 3.06. The number of carbonyl (C=O) groups is 1. The van der Waals surface area contributed by atoms with E-state index in [-0.39, 0.29) is 11.0 Å². The van der Waals surface area contributed by atoms with Gasteiger partial charge in [-0.25, -0.2) is 0 Å². The first-order valence-electron chi connectivity index (χ1n) is 6.86. The molecule has 0 heterocycles. The van der Waals surface area contributed by atoms with Crippen LogP contribution in [0.25, 0.3) is 0 Å². The predicted octanol–water partition coefficient (Wildman–Crippen LogP) is 2.75. The molecule has 0 aromatic heterocycles. The van der Waals surface area contributed by atoms with Crippen molar-refractivity contribution in [1.82, 2.24) is 3.80 Å². The van der Waals surface area contributed by atoms with Gasteiger partial charge < -0.3 is 0 Å². The van der Waals surface area contributed by atoms with Gasteiger partial charge in [0.1, 0.15) is 0 Å². The Morgan fingerprint density at radius 2 is 1.75 bits per heavy atom. The van der Waals surface area contributed by atoms with Crippen LogP contribution in [0.1, 0.15) is 12.8 Å². The molecule has 2 aliphatic carbocycles. The van der Waals surface area contributed by atoms with E-state index < -0.39 is 16.8 Å². The Labute approximate surface area is 131 Å². The molecule has 0 aromatic carbocycles. The fraction of sp³-hybridized carbons (Fsp3) is 0.438. The van der Waals surface area contributed by atoms with E-state index in [9.17, 15) is 4.79 Å². The number of nitrogens with one attached hydrogen (secondary N) is 1. The molecule has 112 valence electrons. The van der Waals surface area contributed by atoms with Crippen LogP contribution in [-0.4, -0.2) is 17.4 Å². The molecule has 1 amide bonds. The largest absolute Gasteiger partial charge is 0.0149 e. The van der Waals surface area contributed by atoms with Crippen molar-refractivity contribution in [2.75, 3.05) is 0 Å². The molecule has 20 heavy (non-hydrogen) atoms. The first-order valence-corrected chi connectivity index (χ1v) is 11.7. The summed E-state index contributed by atoms with van der Waals surface area (Å²) >= 11 is -2.10. The van der Waals surface area contributed by atoms with E-state index in [1.165, 1.54) is 12.8 Å². The standard InChI is InChI=1S/C9H11.C4H6.CH3NO.2CH3.H4Si.Ti/c1-2-5-9-7-3-6-8(9)4-1;1-3-4-2;2-1-3;;;;/h1-2,4-6,8-9H,3,7H2;3-4H,1-2H2;1H,(H2,2,3);2*1H3;1H4;/q;;;;;;+1/p-1. The SMILES string of the molecule is C=CC=C.[CH3][Ti]([CH3])([NH]C=O)[CH]1CCC2C=CC=CC21.[SiH4]. The fourth-order valence-corrected chi connectivity index (χ4v) is 7.31. The summed E-state index contributed by atoms with van der Waals surface area (Å²) in [6.07, 6.45) is 15.8. The molecule has 2 nitrogen and oxygen atoms in total. The summed E-state index contributed by atoms with van der Waals surface area (Å²) in [5, 5.41) is 4.63. The maximum Gasteiger partial charge on any atom is -0.0149 e. The number of rotatable bonds is 4. The normalized spacial score (nSPS) is 26.4. The molecule has 2 aliphatic rings. The van der Waals surface area contributed by atoms with E-state index in [0.717, 1.165) is 16.6 Å². The zero-order chi connectivity index (χ0) is 14.3. The van der Waals surface area contributed by atoms with Crippen molar-refractivity contribution in [3.63, 3.8) is 0 Å². The van der Waals surface area contributed by atoms with E-state index >= 15 is 0 Å². The van der Waals surface area contributed by atoms with Crippen molar-refractivity contribution < 1.29 is 21.6 Å². The molecule has 3 unspecified atom stereocenters. The summed E-state index contributed by atoms with van der Waals surface area (Å²) in [4.78, 5) is 10.6. The number of hydrogen-bond donors (Lipinski definition) is 1. The van der Waals surface area contributed by atoms with Gasteiger partial charge in [0.15, 0.2) is 0 Å². The Kier molecular flexibility index (Phi) is 9.03. The van der Waals surface area contributed by atoms with Gasteiger partial charge in [-0.05, 0) is 11.0 Å². The van der Waals surface area contributed by atoms with E-state index in [4.69, 9.17) is 0 Å². The summed E-state index contributed by atoms with van der Waals surface area (Å²) in [6, 6.07) is 0. The first kappa shape index (κ1) is 19.4. The number of carbonyl (C=O) groups excluding carboxylic acids is 1. The van der Waals surface area contributed by atoms with Crippen LogP contribution in [0.2, 0.25) is 14.7 Å². The summed E-state index contributed by atoms with van der Waals surface area (Å²) in [6.45, 7) is 6.72. The van der Waals surface area contributed by atoms with Gasteiger partial charge in [0.2, 0.25) is 0 Å². The third-order valence-electron chi connectivity index (χ3n) is 4.10. The Morgan fingerprint density at radius 1 is 1.15 bits per heavy atom. The second kappa shape index (κ2) is 9.33. The zero-order valence-electron chi connectivity index (χ0n) is 12.0. The van der Waals surface area contributed by atoms with Crippen LogP contribution in [0.15, 0.2) is 49.6 Å². The molecule has 0 spiro atoms. The van der Waals surface area contributed by atoms with Crippen LogP contribution < -0.4 is 3.80 Å². The molecule has 0 aliphatic heterocycles. The maximum atomic E-state index is 10.6. The topological polar surface area (TPSA) is 29.1 Å². The smallest absolute Gasteiger partial charge is 0.0149 e. The minimum absolute atomic E-state index is 0. The molecule has 1 fully saturated rings. The van der Waals surface area contributed by atoms with Crippen LogP contribution in [0.4, 0.5) is 0 Å². The molecule has 0 radical (unpaired) electrons. The third-order valence-corrected chi connectivity index (χ3v) is 9.39. The Hall–Kier alpha value is -0.639. The summed E-state index contributed by atoms with van der Waals surface area (Å²) < 4.78 is 3.90. The van der Waals surface area contributed by atoms with E-state index in [1.807, 2.05) is 0 Å². The second-order valence-electron chi connectivity index (χ2n) is 5.65. The molecular weight excluding hydrogens is 298 g/mol. The van der Waals surface area contributed by atoms with Crippen molar-refractivity contribution in [1.29, 1.82) is 0 Å². The van der Waals surface area contributed by atoms with Gasteiger partial charge in [0, 0.05) is 0 Å². The van der Waals surface area contributed by atoms with Crippen LogP contribution in [0.3, 0.4) is 0 Å². The van der Waals surface area contributed by atoms with Crippen molar-refractivity contribution in [2.45, 2.75) is 27.5 Å². The first-order chi connectivity index (χ1) is 9.06. The molecule has 0 saturated heterocycles. The third kappa shape index (κ3) is 5.04. The summed E-state index contributed by atoms with van der Waals surface area (Å²) in [5.41, 5.74) is 0. The number of fused-ring (bicyclic) bond motifs is 1. The number of allylic oxidation sites excluding steroid dienone is 6. The number of amides is 1. The van der Waals surface area contributed by atoms with Crippen LogP contribution in [0.5, 0.6) is 0 Å². The molecule has 0 aromatic rings. The average molecular weight is 327 g/mol. The van der Waals surface area contributed by atoms with Gasteiger partial charge in [-0.3, -0.25) is 0 Å². The monoisotopic (exact) mass is 327 g/mol. The molecular formula is C16H29NOSiTi. The summed E-state index contributed by atoms with van der Waals surface area (Å²) in [7, 11) is 0. The molecule has 0 bridgehead atoms. The van der Waals surface area contributed by atoms with Gasteiger partial charge >= 0.3 is 95.5 Å². The van der Waals surface area contributed by atoms with Gasteiger partial charge in [-0.2, -0.15) is 0 Å². The van der Waals surface area contributed by atoms with Crippen LogP contribution >= 0.6 is 0 Å². The Morgan fingerprint density at radius 3 is 2.30 bits per heavy atom. The van der Waals surface area contributed by atoms with Gasteiger partial charge in [0.25, 0.3) is 0 Å². The molecule has 1 saturated carbocycles. The van der Waals surface area contributed by atoms with Crippen LogP contribution in [-0.2, 0) is 21.6 Å². The van der Waals surface area contributed by atoms with E-state index in [2.05, 4.69) is 51.7 Å². The van der Waals surface area contributed by atoms with E-state index in [0.29, 0.717) is 5.92 Å². The minimum Gasteiger partial charge on any atom is -0.0149 e. The second-order valence-corrected chi connectivity index (χ2v) is 12.6. The predicted molar refractivity (Wildman–Crippen MR) is 90.9 cm³/mol. The minimum atomic E-state index is -2.10. The average Bonchev–Trinajstić information content (AvgIpc) is 2.83. The molecule has 1 N–H and O–H groups in total. The molecule has 3 atom stereocenters. The van der Waals surface area contributed by atoms with Crippen molar-refractivity contribution >= 4 is 17.4 Å². The zero-order valence-corrected chi connectivity index (χ0v) is 13.6. The number of hydrogen-bond acceptors (Lipinski definition) is 1. The molecule has 4 heteroatoms. The van der Waals surface area contributed by atoms with E-state index in [1.54, 1.807) is 12.2 Å². The van der Waals surface area contributed by atoms with Crippen molar-refractivity contribution in [3.8, 4) is 0 Å².